The Hall–Kier alpha value is -1.84. The van der Waals surface area contributed by atoms with E-state index in [1.165, 1.54) is 6.92 Å². The highest BCUT2D eigenvalue weighted by Crippen LogP contribution is 2.18. The van der Waals surface area contributed by atoms with Crippen LogP contribution in [-0.4, -0.2) is 11.9 Å². The molecule has 1 rings (SSSR count). The van der Waals surface area contributed by atoms with E-state index in [-0.39, 0.29) is 0 Å². The lowest BCUT2D eigenvalue weighted by Gasteiger charge is -2.21. The van der Waals surface area contributed by atoms with Crippen molar-refractivity contribution in [3.63, 3.8) is 0 Å². The van der Waals surface area contributed by atoms with Gasteiger partial charge in [0, 0.05) is 6.92 Å². The molecule has 86 valence electrons. The molecule has 0 saturated carbocycles. The molecule has 16 heavy (non-hydrogen) atoms. The van der Waals surface area contributed by atoms with Crippen molar-refractivity contribution in [2.75, 3.05) is 0 Å². The van der Waals surface area contributed by atoms with Gasteiger partial charge in [0.1, 0.15) is 0 Å². The third kappa shape index (κ3) is 2.82. The maximum atomic E-state index is 11.0. The van der Waals surface area contributed by atoms with Gasteiger partial charge in [-0.25, -0.2) is 0 Å². The van der Waals surface area contributed by atoms with Crippen molar-refractivity contribution in [3.8, 4) is 0 Å². The summed E-state index contributed by atoms with van der Waals surface area (Å²) in [7, 11) is 0. The molecule has 0 fully saturated rings. The van der Waals surface area contributed by atoms with Gasteiger partial charge in [-0.05, 0) is 25.0 Å². The van der Waals surface area contributed by atoms with Gasteiger partial charge >= 0.3 is 0 Å². The summed E-state index contributed by atoms with van der Waals surface area (Å²) in [6.45, 7) is 4.94. The topological polar surface area (TPSA) is 69.2 Å². The number of carbonyl (C=O) groups excluding carboxylic acids is 2. The van der Waals surface area contributed by atoms with Gasteiger partial charge in [0.2, 0.25) is 5.91 Å². The molecule has 0 aromatic heterocycles. The minimum atomic E-state index is -1.30. The van der Waals surface area contributed by atoms with Crippen LogP contribution in [0.15, 0.2) is 18.2 Å². The van der Waals surface area contributed by atoms with Gasteiger partial charge in [-0.1, -0.05) is 23.8 Å². The largest absolute Gasteiger partial charge is 0.548 e. The van der Waals surface area contributed by atoms with Crippen LogP contribution in [0.5, 0.6) is 0 Å². The number of carbonyl (C=O) groups is 2. The average molecular weight is 220 g/mol. The number of benzene rings is 1. The summed E-state index contributed by atoms with van der Waals surface area (Å²) < 4.78 is 0. The van der Waals surface area contributed by atoms with Crippen molar-refractivity contribution in [3.05, 3.63) is 34.9 Å². The van der Waals surface area contributed by atoms with Gasteiger partial charge in [0.05, 0.1) is 12.0 Å². The Kier molecular flexibility index (Phi) is 3.66. The first kappa shape index (κ1) is 12.2. The van der Waals surface area contributed by atoms with Crippen molar-refractivity contribution in [1.29, 1.82) is 0 Å². The number of aryl methyl sites for hydroxylation is 2. The Morgan fingerprint density at radius 1 is 1.31 bits per heavy atom. The summed E-state index contributed by atoms with van der Waals surface area (Å²) in [6.07, 6.45) is 0. The smallest absolute Gasteiger partial charge is 0.217 e. The first-order chi connectivity index (χ1) is 7.41. The van der Waals surface area contributed by atoms with Crippen LogP contribution in [0.3, 0.4) is 0 Å². The van der Waals surface area contributed by atoms with Gasteiger partial charge in [-0.2, -0.15) is 0 Å². The fraction of sp³-hybridized carbons (Fsp3) is 0.333. The molecule has 0 unspecified atom stereocenters. The predicted molar refractivity (Wildman–Crippen MR) is 57.5 cm³/mol. The van der Waals surface area contributed by atoms with Crippen LogP contribution in [0.2, 0.25) is 0 Å². The lowest BCUT2D eigenvalue weighted by Crippen LogP contribution is -2.40. The molecule has 0 aliphatic carbocycles. The summed E-state index contributed by atoms with van der Waals surface area (Å²) >= 11 is 0. The second kappa shape index (κ2) is 4.79. The Balaban J connectivity index is 3.14. The highest BCUT2D eigenvalue weighted by molar-refractivity contribution is 5.82. The standard InChI is InChI=1S/C12H15NO3/c1-7-4-5-8(2)10(6-7)11(12(15)16)13-9(3)14/h4-6,11H,1-3H3,(H,13,14)(H,15,16)/p-1/t11-/m1/s1. The Bertz CT molecular complexity index is 426. The molecule has 1 N–H and O–H groups in total. The molecule has 0 radical (unpaired) electrons. The number of amides is 1. The van der Waals surface area contributed by atoms with Crippen LogP contribution in [-0.2, 0) is 9.59 Å². The van der Waals surface area contributed by atoms with E-state index in [4.69, 9.17) is 0 Å². The van der Waals surface area contributed by atoms with Crippen LogP contribution in [0, 0.1) is 13.8 Å². The van der Waals surface area contributed by atoms with Crippen molar-refractivity contribution >= 4 is 11.9 Å². The molecule has 4 heteroatoms. The number of carboxylic acids is 1. The fourth-order valence-corrected chi connectivity index (χ4v) is 1.54. The highest BCUT2D eigenvalue weighted by Gasteiger charge is 2.15. The molecule has 1 amide bonds. The maximum absolute atomic E-state index is 11.0. The minimum absolute atomic E-state index is 0.393. The van der Waals surface area contributed by atoms with Gasteiger partial charge in [-0.15, -0.1) is 0 Å². The minimum Gasteiger partial charge on any atom is -0.548 e. The van der Waals surface area contributed by atoms with Crippen LogP contribution in [0.1, 0.15) is 29.7 Å². The Morgan fingerprint density at radius 3 is 2.44 bits per heavy atom. The van der Waals surface area contributed by atoms with Crippen molar-refractivity contribution in [2.24, 2.45) is 0 Å². The number of rotatable bonds is 3. The number of hydrogen-bond acceptors (Lipinski definition) is 3. The number of aliphatic carboxylic acids is 1. The van der Waals surface area contributed by atoms with Gasteiger partial charge < -0.3 is 15.2 Å². The quantitative estimate of drug-likeness (QED) is 0.792. The molecule has 1 atom stereocenters. The molecule has 0 heterocycles. The van der Waals surface area contributed by atoms with Gasteiger partial charge in [-0.3, -0.25) is 4.79 Å². The summed E-state index contributed by atoms with van der Waals surface area (Å²) in [5.74, 6) is -1.70. The third-order valence-electron chi connectivity index (χ3n) is 2.33. The van der Waals surface area contributed by atoms with E-state index in [1.54, 1.807) is 13.0 Å². The monoisotopic (exact) mass is 220 g/mol. The molecular formula is C12H14NO3-. The van der Waals surface area contributed by atoms with E-state index in [2.05, 4.69) is 5.32 Å². The normalized spacial score (nSPS) is 11.9. The number of nitrogens with one attached hydrogen (secondary N) is 1. The van der Waals surface area contributed by atoms with Crippen LogP contribution >= 0.6 is 0 Å². The SMILES string of the molecule is CC(=O)N[C@@H](C(=O)[O-])c1cc(C)ccc1C. The Morgan fingerprint density at radius 2 is 1.94 bits per heavy atom. The third-order valence-corrected chi connectivity index (χ3v) is 2.33. The maximum Gasteiger partial charge on any atom is 0.217 e. The predicted octanol–water partition coefficient (Wildman–Crippen LogP) is 0.231. The zero-order valence-corrected chi connectivity index (χ0v) is 9.53. The number of hydrogen-bond donors (Lipinski definition) is 1. The van der Waals surface area contributed by atoms with Crippen molar-refractivity contribution in [1.82, 2.24) is 5.32 Å². The van der Waals surface area contributed by atoms with E-state index in [0.29, 0.717) is 5.56 Å². The molecule has 1 aromatic rings. The fourth-order valence-electron chi connectivity index (χ4n) is 1.54. The van der Waals surface area contributed by atoms with E-state index in [0.717, 1.165) is 11.1 Å². The first-order valence-electron chi connectivity index (χ1n) is 4.97. The zero-order valence-electron chi connectivity index (χ0n) is 9.53. The Labute approximate surface area is 94.3 Å². The molecule has 0 aliphatic rings. The first-order valence-corrected chi connectivity index (χ1v) is 4.97. The highest BCUT2D eigenvalue weighted by atomic mass is 16.4. The molecule has 4 nitrogen and oxygen atoms in total. The number of carboxylic acid groups (broad SMARTS) is 1. The lowest BCUT2D eigenvalue weighted by molar-refractivity contribution is -0.308. The molecule has 1 aromatic carbocycles. The summed E-state index contributed by atoms with van der Waals surface area (Å²) in [5, 5.41) is 13.3. The van der Waals surface area contributed by atoms with Crippen molar-refractivity contribution in [2.45, 2.75) is 26.8 Å². The molecular weight excluding hydrogens is 206 g/mol. The van der Waals surface area contributed by atoms with Gasteiger partial charge in [0.25, 0.3) is 0 Å². The van der Waals surface area contributed by atoms with E-state index >= 15 is 0 Å². The van der Waals surface area contributed by atoms with Crippen LogP contribution in [0.25, 0.3) is 0 Å². The van der Waals surface area contributed by atoms with Crippen molar-refractivity contribution < 1.29 is 14.7 Å². The van der Waals surface area contributed by atoms with E-state index in [9.17, 15) is 14.7 Å². The van der Waals surface area contributed by atoms with Crippen LogP contribution in [0.4, 0.5) is 0 Å². The van der Waals surface area contributed by atoms with E-state index < -0.39 is 17.9 Å². The van der Waals surface area contributed by atoms with E-state index in [1.807, 2.05) is 19.1 Å². The summed E-state index contributed by atoms with van der Waals surface area (Å²) in [4.78, 5) is 21.9. The summed E-state index contributed by atoms with van der Waals surface area (Å²) in [5.41, 5.74) is 2.32. The molecule has 0 aliphatic heterocycles. The molecule has 0 saturated heterocycles. The zero-order chi connectivity index (χ0) is 12.3. The van der Waals surface area contributed by atoms with Crippen LogP contribution < -0.4 is 10.4 Å². The molecule has 0 spiro atoms. The molecule has 0 bridgehead atoms. The summed E-state index contributed by atoms with van der Waals surface area (Å²) in [6, 6.07) is 4.37. The lowest BCUT2D eigenvalue weighted by atomic mass is 9.99. The second-order valence-corrected chi connectivity index (χ2v) is 3.81. The average Bonchev–Trinajstić information content (AvgIpc) is 2.18. The second-order valence-electron chi connectivity index (χ2n) is 3.81. The van der Waals surface area contributed by atoms with Gasteiger partial charge in [0.15, 0.2) is 0 Å².